The van der Waals surface area contributed by atoms with E-state index < -0.39 is 0 Å². The van der Waals surface area contributed by atoms with E-state index >= 15 is 0 Å². The first-order chi connectivity index (χ1) is 14.2. The average molecular weight is 409 g/mol. The molecule has 1 aromatic heterocycles. The smallest absolute Gasteiger partial charge is 0.254 e. The molecule has 0 aliphatic heterocycles. The molecule has 2 aromatic carbocycles. The van der Waals surface area contributed by atoms with E-state index in [1.54, 1.807) is 18.4 Å². The molecule has 150 valence electrons. The highest BCUT2D eigenvalue weighted by molar-refractivity contribution is 7.09. The Kier molecular flexibility index (Phi) is 5.81. The van der Waals surface area contributed by atoms with Crippen LogP contribution in [0.4, 0.5) is 0 Å². The second-order valence-electron chi connectivity index (χ2n) is 7.15. The minimum atomic E-state index is 0.0884. The van der Waals surface area contributed by atoms with E-state index in [0.29, 0.717) is 30.7 Å². The molecule has 6 heteroatoms. The molecule has 1 aliphatic carbocycles. The number of carbonyl (C=O) groups is 1. The van der Waals surface area contributed by atoms with Crippen LogP contribution in [-0.4, -0.2) is 28.9 Å². The lowest BCUT2D eigenvalue weighted by molar-refractivity contribution is 0.0727. The van der Waals surface area contributed by atoms with Crippen molar-refractivity contribution in [2.75, 3.05) is 7.11 Å². The zero-order chi connectivity index (χ0) is 20.2. The highest BCUT2D eigenvalue weighted by atomic mass is 32.1. The molecule has 0 saturated heterocycles. The summed E-state index contributed by atoms with van der Waals surface area (Å²) in [4.78, 5) is 19.8. The van der Waals surface area contributed by atoms with E-state index in [-0.39, 0.29) is 5.91 Å². The zero-order valence-corrected chi connectivity index (χ0v) is 17.4. The molecule has 0 atom stereocenters. The maximum Gasteiger partial charge on any atom is 0.254 e. The van der Waals surface area contributed by atoms with E-state index in [9.17, 15) is 4.79 Å². The summed E-state index contributed by atoms with van der Waals surface area (Å²) >= 11 is 1.55. The molecular weight excluding hydrogens is 384 g/mol. The molecule has 4 rings (SSSR count). The van der Waals surface area contributed by atoms with Gasteiger partial charge in [-0.1, -0.05) is 30.3 Å². The molecule has 0 N–H and O–H groups in total. The van der Waals surface area contributed by atoms with Gasteiger partial charge in [0.15, 0.2) is 11.5 Å². The highest BCUT2D eigenvalue weighted by Gasteiger charge is 2.34. The van der Waals surface area contributed by atoms with Crippen LogP contribution in [0, 0.1) is 6.92 Å². The number of thiazole rings is 1. The van der Waals surface area contributed by atoms with Crippen LogP contribution in [0.25, 0.3) is 0 Å². The number of hydrogen-bond acceptors (Lipinski definition) is 5. The number of methoxy groups -OCH3 is 1. The summed E-state index contributed by atoms with van der Waals surface area (Å²) in [5.41, 5.74) is 2.68. The zero-order valence-electron chi connectivity index (χ0n) is 16.6. The molecule has 1 saturated carbocycles. The van der Waals surface area contributed by atoms with Crippen molar-refractivity contribution < 1.29 is 14.3 Å². The first kappa shape index (κ1) is 19.5. The van der Waals surface area contributed by atoms with Gasteiger partial charge in [-0.05, 0) is 43.5 Å². The Morgan fingerprint density at radius 3 is 2.59 bits per heavy atom. The number of aryl methyl sites for hydroxylation is 1. The summed E-state index contributed by atoms with van der Waals surface area (Å²) < 4.78 is 11.2. The normalized spacial score (nSPS) is 13.2. The van der Waals surface area contributed by atoms with E-state index in [1.807, 2.05) is 65.7 Å². The quantitative estimate of drug-likeness (QED) is 0.535. The number of para-hydroxylation sites is 2. The third-order valence-corrected chi connectivity index (χ3v) is 5.85. The summed E-state index contributed by atoms with van der Waals surface area (Å²) in [6.07, 6.45) is 2.12. The second kappa shape index (κ2) is 8.66. The first-order valence-electron chi connectivity index (χ1n) is 9.71. The first-order valence-corrected chi connectivity index (χ1v) is 10.6. The van der Waals surface area contributed by atoms with E-state index in [2.05, 4.69) is 4.98 Å². The lowest BCUT2D eigenvalue weighted by Gasteiger charge is -2.22. The Bertz CT molecular complexity index is 997. The van der Waals surface area contributed by atoms with E-state index in [0.717, 1.165) is 34.7 Å². The van der Waals surface area contributed by atoms with Gasteiger partial charge in [0.05, 0.1) is 19.3 Å². The van der Waals surface area contributed by atoms with Gasteiger partial charge in [-0.15, -0.1) is 11.3 Å². The Balaban J connectivity index is 1.43. The topological polar surface area (TPSA) is 51.7 Å². The van der Waals surface area contributed by atoms with Gasteiger partial charge in [0.1, 0.15) is 11.6 Å². The van der Waals surface area contributed by atoms with Gasteiger partial charge in [0.25, 0.3) is 5.91 Å². The minimum absolute atomic E-state index is 0.0884. The predicted molar refractivity (Wildman–Crippen MR) is 114 cm³/mol. The van der Waals surface area contributed by atoms with Gasteiger partial charge in [0, 0.05) is 17.0 Å². The van der Waals surface area contributed by atoms with Crippen molar-refractivity contribution in [3.63, 3.8) is 0 Å². The number of hydrogen-bond donors (Lipinski definition) is 0. The summed E-state index contributed by atoms with van der Waals surface area (Å²) in [6, 6.07) is 15.6. The number of aromatic nitrogens is 1. The van der Waals surface area contributed by atoms with Crippen LogP contribution in [-0.2, 0) is 13.2 Å². The number of nitrogens with zero attached hydrogens (tertiary/aromatic N) is 2. The minimum Gasteiger partial charge on any atom is -0.493 e. The molecule has 0 spiro atoms. The fourth-order valence-electron chi connectivity index (χ4n) is 3.26. The van der Waals surface area contributed by atoms with Crippen LogP contribution in [0.1, 0.15) is 39.5 Å². The molecular formula is C23H24N2O3S. The molecule has 1 heterocycles. The lowest BCUT2D eigenvalue weighted by atomic mass is 10.1. The molecule has 0 unspecified atom stereocenters. The monoisotopic (exact) mass is 408 g/mol. The molecule has 3 aromatic rings. The predicted octanol–water partition coefficient (Wildman–Crippen LogP) is 4.84. The molecule has 1 aliphatic rings. The second-order valence-corrected chi connectivity index (χ2v) is 8.09. The van der Waals surface area contributed by atoms with Crippen molar-refractivity contribution in [2.45, 2.75) is 39.0 Å². The third kappa shape index (κ3) is 4.59. The third-order valence-electron chi connectivity index (χ3n) is 4.98. The number of carbonyl (C=O) groups excluding carboxylic acids is 1. The van der Waals surface area contributed by atoms with Crippen LogP contribution in [0.15, 0.2) is 53.9 Å². The highest BCUT2D eigenvalue weighted by Crippen LogP contribution is 2.31. The van der Waals surface area contributed by atoms with Gasteiger partial charge >= 0.3 is 0 Å². The van der Waals surface area contributed by atoms with Crippen LogP contribution >= 0.6 is 11.3 Å². The summed E-state index contributed by atoms with van der Waals surface area (Å²) in [6.45, 7) is 2.89. The van der Waals surface area contributed by atoms with Gasteiger partial charge in [0.2, 0.25) is 0 Å². The number of ether oxygens (including phenoxy) is 2. The largest absolute Gasteiger partial charge is 0.493 e. The Hall–Kier alpha value is -2.86. The molecule has 5 nitrogen and oxygen atoms in total. The molecule has 29 heavy (non-hydrogen) atoms. The maximum absolute atomic E-state index is 13.1. The maximum atomic E-state index is 13.1. The van der Waals surface area contributed by atoms with Crippen LogP contribution in [0.2, 0.25) is 0 Å². The average Bonchev–Trinajstić information content (AvgIpc) is 3.49. The lowest BCUT2D eigenvalue weighted by Crippen LogP contribution is -2.33. The summed E-state index contributed by atoms with van der Waals surface area (Å²) in [5, 5.41) is 2.89. The number of benzene rings is 2. The van der Waals surface area contributed by atoms with Gasteiger partial charge in [-0.3, -0.25) is 4.79 Å². The Labute approximate surface area is 174 Å². The number of rotatable bonds is 8. The molecule has 1 fully saturated rings. The van der Waals surface area contributed by atoms with Crippen LogP contribution < -0.4 is 9.47 Å². The van der Waals surface area contributed by atoms with Crippen molar-refractivity contribution in [1.82, 2.24) is 9.88 Å². The van der Waals surface area contributed by atoms with E-state index in [1.165, 1.54) is 0 Å². The fourth-order valence-corrected chi connectivity index (χ4v) is 3.96. The van der Waals surface area contributed by atoms with Crippen LogP contribution in [0.3, 0.4) is 0 Å². The van der Waals surface area contributed by atoms with E-state index in [4.69, 9.17) is 9.47 Å². The summed E-state index contributed by atoms with van der Waals surface area (Å²) in [7, 11) is 1.63. The van der Waals surface area contributed by atoms with Crippen molar-refractivity contribution in [3.05, 3.63) is 75.7 Å². The van der Waals surface area contributed by atoms with Crippen molar-refractivity contribution in [3.8, 4) is 11.5 Å². The molecule has 1 amide bonds. The van der Waals surface area contributed by atoms with Crippen molar-refractivity contribution >= 4 is 17.2 Å². The number of amides is 1. The SMILES string of the molecule is COc1ccccc1OCc1nc(CN(C(=O)c2ccccc2C)C2CC2)cs1. The van der Waals surface area contributed by atoms with Crippen molar-refractivity contribution in [1.29, 1.82) is 0 Å². The standard InChI is InChI=1S/C23H24N2O3S/c1-16-7-3-4-8-19(16)23(26)25(18-11-12-18)13-17-15-29-22(24-17)14-28-21-10-6-5-9-20(21)27-2/h3-10,15,18H,11-14H2,1-2H3. The van der Waals surface area contributed by atoms with Crippen molar-refractivity contribution in [2.24, 2.45) is 0 Å². The molecule has 0 bridgehead atoms. The fraction of sp³-hybridized carbons (Fsp3) is 0.304. The Morgan fingerprint density at radius 1 is 1.14 bits per heavy atom. The van der Waals surface area contributed by atoms with Gasteiger partial charge < -0.3 is 14.4 Å². The summed E-state index contributed by atoms with van der Waals surface area (Å²) in [5.74, 6) is 1.49. The van der Waals surface area contributed by atoms with Gasteiger partial charge in [-0.2, -0.15) is 0 Å². The Morgan fingerprint density at radius 2 is 1.86 bits per heavy atom. The molecule has 0 radical (unpaired) electrons. The van der Waals surface area contributed by atoms with Gasteiger partial charge in [-0.25, -0.2) is 4.98 Å². The van der Waals surface area contributed by atoms with Crippen LogP contribution in [0.5, 0.6) is 11.5 Å².